The molecule has 1 aromatic carbocycles. The van der Waals surface area contributed by atoms with Crippen molar-refractivity contribution in [3.05, 3.63) is 52.1 Å². The number of anilines is 1. The monoisotopic (exact) mass is 306 g/mol. The maximum absolute atomic E-state index is 11.9. The number of carbonyl (C=O) groups excluding carboxylic acids is 1. The highest BCUT2D eigenvalue weighted by molar-refractivity contribution is 9.10. The molecule has 0 unspecified atom stereocenters. The van der Waals surface area contributed by atoms with Crippen molar-refractivity contribution >= 4 is 27.7 Å². The molecule has 0 aliphatic carbocycles. The first-order chi connectivity index (χ1) is 8.56. The molecule has 0 saturated carbocycles. The summed E-state index contributed by atoms with van der Waals surface area (Å²) in [6.45, 7) is 1.77. The number of nitrogens with one attached hydrogen (secondary N) is 1. The minimum absolute atomic E-state index is 0.102. The highest BCUT2D eigenvalue weighted by Gasteiger charge is 2.08. The van der Waals surface area contributed by atoms with Crippen molar-refractivity contribution < 1.29 is 9.90 Å². The van der Waals surface area contributed by atoms with Crippen molar-refractivity contribution in [2.24, 2.45) is 0 Å². The number of hydrogen-bond acceptors (Lipinski definition) is 3. The molecule has 0 atom stereocenters. The van der Waals surface area contributed by atoms with E-state index < -0.39 is 0 Å². The second-order valence-corrected chi connectivity index (χ2v) is 4.61. The largest absolute Gasteiger partial charge is 0.508 e. The zero-order chi connectivity index (χ0) is 13.1. The number of aromatic nitrogens is 1. The lowest BCUT2D eigenvalue weighted by Gasteiger charge is -2.06. The van der Waals surface area contributed by atoms with Crippen LogP contribution in [0.25, 0.3) is 0 Å². The molecule has 5 heteroatoms. The molecule has 2 N–H and O–H groups in total. The van der Waals surface area contributed by atoms with Gasteiger partial charge in [0, 0.05) is 5.56 Å². The summed E-state index contributed by atoms with van der Waals surface area (Å²) < 4.78 is 0.645. The smallest absolute Gasteiger partial charge is 0.256 e. The fraction of sp³-hybridized carbons (Fsp3) is 0.0769. The molecule has 18 heavy (non-hydrogen) atoms. The van der Waals surface area contributed by atoms with Gasteiger partial charge in [-0.15, -0.1) is 0 Å². The van der Waals surface area contributed by atoms with Crippen molar-refractivity contribution in [3.8, 4) is 5.75 Å². The number of aryl methyl sites for hydroxylation is 1. The SMILES string of the molecule is Cc1ccc(C(=O)Nc2cccc(Br)n2)cc1O. The Morgan fingerprint density at radius 1 is 1.33 bits per heavy atom. The molecule has 2 aromatic rings. The standard InChI is InChI=1S/C13H11BrN2O2/c1-8-5-6-9(7-10(8)17)13(18)16-12-4-2-3-11(14)15-12/h2-7,17H,1H3,(H,15,16,18). The Bertz CT molecular complexity index is 599. The van der Waals surface area contributed by atoms with E-state index in [1.54, 1.807) is 37.3 Å². The summed E-state index contributed by atoms with van der Waals surface area (Å²) >= 11 is 3.23. The molecule has 1 heterocycles. The predicted octanol–water partition coefficient (Wildman–Crippen LogP) is 3.11. The number of benzene rings is 1. The van der Waals surface area contributed by atoms with E-state index in [1.165, 1.54) is 6.07 Å². The fourth-order valence-electron chi connectivity index (χ4n) is 1.42. The van der Waals surface area contributed by atoms with Gasteiger partial charge in [0.2, 0.25) is 0 Å². The summed E-state index contributed by atoms with van der Waals surface area (Å²) in [5.74, 6) is 0.246. The van der Waals surface area contributed by atoms with E-state index in [0.29, 0.717) is 16.0 Å². The van der Waals surface area contributed by atoms with Gasteiger partial charge in [-0.05, 0) is 52.7 Å². The Hall–Kier alpha value is -1.88. The van der Waals surface area contributed by atoms with Crippen LogP contribution in [0.5, 0.6) is 5.75 Å². The molecule has 4 nitrogen and oxygen atoms in total. The summed E-state index contributed by atoms with van der Waals surface area (Å²) in [6, 6.07) is 10.0. The van der Waals surface area contributed by atoms with E-state index in [-0.39, 0.29) is 11.7 Å². The van der Waals surface area contributed by atoms with E-state index in [4.69, 9.17) is 0 Å². The van der Waals surface area contributed by atoms with E-state index in [0.717, 1.165) is 5.56 Å². The number of phenols is 1. The summed E-state index contributed by atoms with van der Waals surface area (Å²) in [5.41, 5.74) is 1.12. The van der Waals surface area contributed by atoms with Gasteiger partial charge in [-0.25, -0.2) is 4.98 Å². The molecule has 1 amide bonds. The van der Waals surface area contributed by atoms with Gasteiger partial charge in [0.1, 0.15) is 16.2 Å². The third kappa shape index (κ3) is 2.87. The second-order valence-electron chi connectivity index (χ2n) is 3.80. The lowest BCUT2D eigenvalue weighted by molar-refractivity contribution is 0.102. The molecule has 0 aliphatic heterocycles. The number of carbonyl (C=O) groups is 1. The topological polar surface area (TPSA) is 62.2 Å². The number of amides is 1. The number of aromatic hydroxyl groups is 1. The van der Waals surface area contributed by atoms with Crippen LogP contribution in [0.15, 0.2) is 41.0 Å². The van der Waals surface area contributed by atoms with Gasteiger partial charge in [0.15, 0.2) is 0 Å². The number of phenolic OH excluding ortho intramolecular Hbond substituents is 1. The molecule has 0 saturated heterocycles. The van der Waals surface area contributed by atoms with Crippen LogP contribution in [-0.2, 0) is 0 Å². The molecular formula is C13H11BrN2O2. The number of rotatable bonds is 2. The molecule has 0 fully saturated rings. The van der Waals surface area contributed by atoms with Gasteiger partial charge in [0.05, 0.1) is 0 Å². The maximum Gasteiger partial charge on any atom is 0.256 e. The van der Waals surface area contributed by atoms with E-state index >= 15 is 0 Å². The molecule has 1 aromatic heterocycles. The van der Waals surface area contributed by atoms with Crippen LogP contribution in [0.3, 0.4) is 0 Å². The van der Waals surface area contributed by atoms with Crippen LogP contribution in [0.1, 0.15) is 15.9 Å². The van der Waals surface area contributed by atoms with Gasteiger partial charge in [-0.2, -0.15) is 0 Å². The lowest BCUT2D eigenvalue weighted by Crippen LogP contribution is -2.12. The summed E-state index contributed by atoms with van der Waals surface area (Å²) in [7, 11) is 0. The Balaban J connectivity index is 2.19. The van der Waals surface area contributed by atoms with Gasteiger partial charge in [-0.1, -0.05) is 12.1 Å². The minimum Gasteiger partial charge on any atom is -0.508 e. The zero-order valence-electron chi connectivity index (χ0n) is 9.64. The van der Waals surface area contributed by atoms with Crippen LogP contribution >= 0.6 is 15.9 Å². The van der Waals surface area contributed by atoms with Crippen LogP contribution in [-0.4, -0.2) is 16.0 Å². The van der Waals surface area contributed by atoms with Crippen LogP contribution in [0, 0.1) is 6.92 Å². The number of pyridine rings is 1. The molecule has 0 aliphatic rings. The summed E-state index contributed by atoms with van der Waals surface area (Å²) in [6.07, 6.45) is 0. The van der Waals surface area contributed by atoms with Gasteiger partial charge in [-0.3, -0.25) is 4.79 Å². The average molecular weight is 307 g/mol. The van der Waals surface area contributed by atoms with E-state index in [2.05, 4.69) is 26.2 Å². The first-order valence-electron chi connectivity index (χ1n) is 5.30. The Kier molecular flexibility index (Phi) is 3.62. The molecule has 92 valence electrons. The van der Waals surface area contributed by atoms with Gasteiger partial charge < -0.3 is 10.4 Å². The van der Waals surface area contributed by atoms with Crippen molar-refractivity contribution in [2.75, 3.05) is 5.32 Å². The highest BCUT2D eigenvalue weighted by Crippen LogP contribution is 2.18. The first-order valence-corrected chi connectivity index (χ1v) is 6.09. The molecule has 2 rings (SSSR count). The number of nitrogens with zero attached hydrogens (tertiary/aromatic N) is 1. The minimum atomic E-state index is -0.309. The highest BCUT2D eigenvalue weighted by atomic mass is 79.9. The number of halogens is 1. The quantitative estimate of drug-likeness (QED) is 0.838. The third-order valence-corrected chi connectivity index (χ3v) is 2.87. The molecule has 0 bridgehead atoms. The van der Waals surface area contributed by atoms with Gasteiger partial charge in [0.25, 0.3) is 5.91 Å². The van der Waals surface area contributed by atoms with Crippen molar-refractivity contribution in [1.29, 1.82) is 0 Å². The fourth-order valence-corrected chi connectivity index (χ4v) is 1.76. The maximum atomic E-state index is 11.9. The van der Waals surface area contributed by atoms with Crippen molar-refractivity contribution in [2.45, 2.75) is 6.92 Å². The van der Waals surface area contributed by atoms with Crippen LogP contribution in [0.2, 0.25) is 0 Å². The third-order valence-electron chi connectivity index (χ3n) is 2.43. The normalized spacial score (nSPS) is 10.1. The van der Waals surface area contributed by atoms with Crippen molar-refractivity contribution in [3.63, 3.8) is 0 Å². The van der Waals surface area contributed by atoms with Crippen LogP contribution < -0.4 is 5.32 Å². The predicted molar refractivity (Wildman–Crippen MR) is 72.7 cm³/mol. The van der Waals surface area contributed by atoms with E-state index in [1.807, 2.05) is 0 Å². The molecular weight excluding hydrogens is 296 g/mol. The Morgan fingerprint density at radius 3 is 2.78 bits per heavy atom. The zero-order valence-corrected chi connectivity index (χ0v) is 11.2. The summed E-state index contributed by atoms with van der Waals surface area (Å²) in [4.78, 5) is 16.0. The van der Waals surface area contributed by atoms with E-state index in [9.17, 15) is 9.90 Å². The Morgan fingerprint density at radius 2 is 2.11 bits per heavy atom. The first kappa shape index (κ1) is 12.6. The van der Waals surface area contributed by atoms with Gasteiger partial charge >= 0.3 is 0 Å². The van der Waals surface area contributed by atoms with Crippen LogP contribution in [0.4, 0.5) is 5.82 Å². The molecule has 0 radical (unpaired) electrons. The summed E-state index contributed by atoms with van der Waals surface area (Å²) in [5, 5.41) is 12.2. The lowest BCUT2D eigenvalue weighted by atomic mass is 10.1. The average Bonchev–Trinajstić information content (AvgIpc) is 2.32. The number of hydrogen-bond donors (Lipinski definition) is 2. The van der Waals surface area contributed by atoms with Crippen molar-refractivity contribution in [1.82, 2.24) is 4.98 Å². The second kappa shape index (κ2) is 5.18. The Labute approximate surface area is 113 Å². The molecule has 0 spiro atoms.